The number of carboxylic acid groups (broad SMARTS) is 1. The van der Waals surface area contributed by atoms with Gasteiger partial charge >= 0.3 is 12.1 Å². The molecule has 0 spiro atoms. The molecule has 1 aliphatic carbocycles. The molecule has 3 N–H and O–H groups in total. The van der Waals surface area contributed by atoms with Gasteiger partial charge in [-0.15, -0.1) is 0 Å². The van der Waals surface area contributed by atoms with E-state index in [1.165, 1.54) is 0 Å². The third-order valence-electron chi connectivity index (χ3n) is 6.01. The molecule has 0 saturated carbocycles. The van der Waals surface area contributed by atoms with E-state index in [0.29, 0.717) is 6.42 Å². The Labute approximate surface area is 185 Å². The van der Waals surface area contributed by atoms with Gasteiger partial charge in [-0.25, -0.2) is 4.79 Å². The van der Waals surface area contributed by atoms with Gasteiger partial charge in [0.05, 0.1) is 18.6 Å². The molecule has 2 aliphatic rings. The van der Waals surface area contributed by atoms with Gasteiger partial charge in [0, 0.05) is 12.5 Å². The maximum atomic E-state index is 12.3. The Balaban J connectivity index is 1.26. The summed E-state index contributed by atoms with van der Waals surface area (Å²) in [5.41, 5.74) is 4.51. The molecule has 1 saturated heterocycles. The van der Waals surface area contributed by atoms with Crippen LogP contribution in [0.2, 0.25) is 0 Å². The Morgan fingerprint density at radius 3 is 2.31 bits per heavy atom. The van der Waals surface area contributed by atoms with Gasteiger partial charge in [-0.05, 0) is 35.6 Å². The Kier molecular flexibility index (Phi) is 6.41. The number of hydrogen-bond acceptors (Lipinski definition) is 5. The van der Waals surface area contributed by atoms with Crippen molar-refractivity contribution in [1.82, 2.24) is 10.6 Å². The van der Waals surface area contributed by atoms with Crippen LogP contribution < -0.4 is 10.6 Å². The van der Waals surface area contributed by atoms with E-state index in [4.69, 9.17) is 14.6 Å². The van der Waals surface area contributed by atoms with E-state index in [2.05, 4.69) is 22.8 Å². The molecule has 3 unspecified atom stereocenters. The van der Waals surface area contributed by atoms with Crippen molar-refractivity contribution in [3.63, 3.8) is 0 Å². The summed E-state index contributed by atoms with van der Waals surface area (Å²) in [6, 6.07) is 15.3. The Morgan fingerprint density at radius 2 is 1.72 bits per heavy atom. The molecule has 1 heterocycles. The number of fused-ring (bicyclic) bond motifs is 3. The summed E-state index contributed by atoms with van der Waals surface area (Å²) < 4.78 is 10.8. The minimum Gasteiger partial charge on any atom is -0.481 e. The van der Waals surface area contributed by atoms with Crippen molar-refractivity contribution in [3.8, 4) is 11.1 Å². The monoisotopic (exact) mass is 438 g/mol. The molecule has 8 heteroatoms. The van der Waals surface area contributed by atoms with Crippen LogP contribution in [0.5, 0.6) is 0 Å². The number of nitrogens with one attached hydrogen (secondary N) is 2. The SMILES string of the molecule is CC(NC(=O)OCC1c2ccccc2-c2ccccc21)C(=O)NCC1CC(C(=O)O)CO1. The van der Waals surface area contributed by atoms with E-state index in [1.54, 1.807) is 6.92 Å². The maximum absolute atomic E-state index is 12.3. The fourth-order valence-corrected chi connectivity index (χ4v) is 4.27. The van der Waals surface area contributed by atoms with E-state index >= 15 is 0 Å². The van der Waals surface area contributed by atoms with Crippen molar-refractivity contribution in [2.45, 2.75) is 31.4 Å². The van der Waals surface area contributed by atoms with Gasteiger partial charge in [-0.1, -0.05) is 48.5 Å². The van der Waals surface area contributed by atoms with E-state index in [9.17, 15) is 14.4 Å². The van der Waals surface area contributed by atoms with Crippen LogP contribution in [0.3, 0.4) is 0 Å². The summed E-state index contributed by atoms with van der Waals surface area (Å²) >= 11 is 0. The molecule has 2 aromatic carbocycles. The summed E-state index contributed by atoms with van der Waals surface area (Å²) in [6.45, 7) is 2.07. The maximum Gasteiger partial charge on any atom is 0.407 e. The first-order valence-corrected chi connectivity index (χ1v) is 10.7. The summed E-state index contributed by atoms with van der Waals surface area (Å²) in [5, 5.41) is 14.2. The number of alkyl carbamates (subject to hydrolysis) is 1. The first-order chi connectivity index (χ1) is 15.4. The fraction of sp³-hybridized carbons (Fsp3) is 0.375. The highest BCUT2D eigenvalue weighted by Gasteiger charge is 2.32. The van der Waals surface area contributed by atoms with E-state index in [-0.39, 0.29) is 37.7 Å². The first kappa shape index (κ1) is 21.8. The second kappa shape index (κ2) is 9.40. The van der Waals surface area contributed by atoms with Gasteiger partial charge in [0.25, 0.3) is 0 Å². The Bertz CT molecular complexity index is 978. The predicted octanol–water partition coefficient (Wildman–Crippen LogP) is 2.52. The highest BCUT2D eigenvalue weighted by molar-refractivity contribution is 5.85. The van der Waals surface area contributed by atoms with Gasteiger partial charge in [-0.3, -0.25) is 9.59 Å². The minimum atomic E-state index is -0.899. The number of benzene rings is 2. The van der Waals surface area contributed by atoms with E-state index < -0.39 is 24.0 Å². The molecule has 2 aromatic rings. The quantitative estimate of drug-likeness (QED) is 0.612. The zero-order valence-electron chi connectivity index (χ0n) is 17.7. The lowest BCUT2D eigenvalue weighted by Crippen LogP contribution is -2.46. The standard InChI is InChI=1S/C24H26N2O6/c1-14(22(27)25-11-16-10-15(12-31-16)23(28)29)26-24(30)32-13-21-19-8-4-2-6-17(19)18-7-3-5-9-20(18)21/h2-9,14-16,21H,10-13H2,1H3,(H,25,27)(H,26,30)(H,28,29). The smallest absolute Gasteiger partial charge is 0.407 e. The second-order valence-corrected chi connectivity index (χ2v) is 8.16. The zero-order valence-corrected chi connectivity index (χ0v) is 17.7. The third-order valence-corrected chi connectivity index (χ3v) is 6.01. The van der Waals surface area contributed by atoms with E-state index in [0.717, 1.165) is 22.3 Å². The first-order valence-electron chi connectivity index (χ1n) is 10.7. The van der Waals surface area contributed by atoms with Crippen molar-refractivity contribution < 1.29 is 29.0 Å². The molecule has 0 bridgehead atoms. The Morgan fingerprint density at radius 1 is 1.09 bits per heavy atom. The second-order valence-electron chi connectivity index (χ2n) is 8.16. The van der Waals surface area contributed by atoms with Gasteiger partial charge in [0.2, 0.25) is 5.91 Å². The minimum absolute atomic E-state index is 0.0565. The molecule has 168 valence electrons. The number of ether oxygens (including phenoxy) is 2. The molecule has 0 radical (unpaired) electrons. The topological polar surface area (TPSA) is 114 Å². The van der Waals surface area contributed by atoms with Crippen LogP contribution in [0.1, 0.15) is 30.4 Å². The number of rotatable bonds is 7. The van der Waals surface area contributed by atoms with Gasteiger partial charge in [0.15, 0.2) is 0 Å². The molecular formula is C24H26N2O6. The molecule has 3 atom stereocenters. The fourth-order valence-electron chi connectivity index (χ4n) is 4.27. The molecular weight excluding hydrogens is 412 g/mol. The summed E-state index contributed by atoms with van der Waals surface area (Å²) in [6.07, 6.45) is -0.664. The summed E-state index contributed by atoms with van der Waals surface area (Å²) in [4.78, 5) is 35.6. The van der Waals surface area contributed by atoms with Crippen LogP contribution in [0, 0.1) is 5.92 Å². The van der Waals surface area contributed by atoms with Crippen LogP contribution in [-0.4, -0.2) is 55.0 Å². The average molecular weight is 438 g/mol. The highest BCUT2D eigenvalue weighted by atomic mass is 16.5. The van der Waals surface area contributed by atoms with Crippen LogP contribution in [0.25, 0.3) is 11.1 Å². The molecule has 8 nitrogen and oxygen atoms in total. The predicted molar refractivity (Wildman–Crippen MR) is 116 cm³/mol. The van der Waals surface area contributed by atoms with Crippen LogP contribution in [0.4, 0.5) is 4.79 Å². The average Bonchev–Trinajstić information content (AvgIpc) is 3.39. The summed E-state index contributed by atoms with van der Waals surface area (Å²) in [5.74, 6) is -1.89. The number of hydrogen-bond donors (Lipinski definition) is 3. The molecule has 4 rings (SSSR count). The van der Waals surface area contributed by atoms with Gasteiger partial charge in [0.1, 0.15) is 12.6 Å². The van der Waals surface area contributed by atoms with E-state index in [1.807, 2.05) is 36.4 Å². The van der Waals surface area contributed by atoms with Crippen molar-refractivity contribution in [2.24, 2.45) is 5.92 Å². The van der Waals surface area contributed by atoms with Crippen LogP contribution in [-0.2, 0) is 19.1 Å². The molecule has 0 aromatic heterocycles. The lowest BCUT2D eigenvalue weighted by Gasteiger charge is -2.18. The molecule has 2 amide bonds. The van der Waals surface area contributed by atoms with Gasteiger partial charge < -0.3 is 25.2 Å². The lowest BCUT2D eigenvalue weighted by atomic mass is 9.98. The molecule has 1 aliphatic heterocycles. The molecule has 1 fully saturated rings. The van der Waals surface area contributed by atoms with Crippen molar-refractivity contribution in [2.75, 3.05) is 19.8 Å². The number of aliphatic carboxylic acids is 1. The third kappa shape index (κ3) is 4.60. The number of carbonyl (C=O) groups is 3. The zero-order chi connectivity index (χ0) is 22.7. The summed E-state index contributed by atoms with van der Waals surface area (Å²) in [7, 11) is 0. The number of carboxylic acids is 1. The normalized spacial score (nSPS) is 20.2. The van der Waals surface area contributed by atoms with Crippen molar-refractivity contribution in [1.29, 1.82) is 0 Å². The van der Waals surface area contributed by atoms with Gasteiger partial charge in [-0.2, -0.15) is 0 Å². The van der Waals surface area contributed by atoms with Crippen molar-refractivity contribution >= 4 is 18.0 Å². The van der Waals surface area contributed by atoms with Crippen molar-refractivity contribution in [3.05, 3.63) is 59.7 Å². The largest absolute Gasteiger partial charge is 0.481 e. The molecule has 32 heavy (non-hydrogen) atoms. The highest BCUT2D eigenvalue weighted by Crippen LogP contribution is 2.44. The van der Waals surface area contributed by atoms with Crippen LogP contribution in [0.15, 0.2) is 48.5 Å². The number of carbonyl (C=O) groups excluding carboxylic acids is 2. The van der Waals surface area contributed by atoms with Crippen LogP contribution >= 0.6 is 0 Å². The Hall–Kier alpha value is -3.39. The number of amides is 2. The lowest BCUT2D eigenvalue weighted by molar-refractivity contribution is -0.141.